The molecule has 0 saturated carbocycles. The van der Waals surface area contributed by atoms with Gasteiger partial charge in [-0.25, -0.2) is 9.37 Å². The fraction of sp³-hybridized carbons (Fsp3) is 0.286. The number of hydrogen-bond donors (Lipinski definition) is 2. The van der Waals surface area contributed by atoms with Gasteiger partial charge in [0.25, 0.3) is 0 Å². The molecule has 2 aromatic carbocycles. The first kappa shape index (κ1) is 19.8. The number of anilines is 4. The highest BCUT2D eigenvalue weighted by atomic mass is 32.2. The average Bonchev–Trinajstić information content (AvgIpc) is 3.28. The van der Waals surface area contributed by atoms with Crippen molar-refractivity contribution >= 4 is 46.2 Å². The topological polar surface area (TPSA) is 49.4 Å². The maximum atomic E-state index is 14.6. The summed E-state index contributed by atoms with van der Waals surface area (Å²) in [6.45, 7) is 2.04. The minimum Gasteiger partial charge on any atom is -0.497 e. The summed E-state index contributed by atoms with van der Waals surface area (Å²) in [5, 5.41) is 5.26. The molecule has 1 aromatic heterocycles. The van der Waals surface area contributed by atoms with Crippen molar-refractivity contribution < 1.29 is 9.13 Å². The molecular formula is C21H23FN4OS2. The SMILES string of the molecule is COc1ccc(Nc2ccc(SNc3cscn3)c(F)c2)c(N2CCCCC2)c1. The highest BCUT2D eigenvalue weighted by molar-refractivity contribution is 8.00. The molecule has 29 heavy (non-hydrogen) atoms. The molecule has 1 saturated heterocycles. The molecule has 3 aromatic rings. The predicted molar refractivity (Wildman–Crippen MR) is 120 cm³/mol. The summed E-state index contributed by atoms with van der Waals surface area (Å²) in [6.07, 6.45) is 3.63. The molecule has 0 atom stereocenters. The molecule has 0 radical (unpaired) electrons. The third kappa shape index (κ3) is 4.94. The highest BCUT2D eigenvalue weighted by Gasteiger charge is 2.16. The predicted octanol–water partition coefficient (Wildman–Crippen LogP) is 6.14. The summed E-state index contributed by atoms with van der Waals surface area (Å²) >= 11 is 2.71. The summed E-state index contributed by atoms with van der Waals surface area (Å²) in [6, 6.07) is 11.1. The maximum absolute atomic E-state index is 14.6. The summed E-state index contributed by atoms with van der Waals surface area (Å²) in [5.41, 5.74) is 4.49. The van der Waals surface area contributed by atoms with Gasteiger partial charge in [-0.15, -0.1) is 11.3 Å². The monoisotopic (exact) mass is 430 g/mol. The van der Waals surface area contributed by atoms with Gasteiger partial charge in [-0.2, -0.15) is 0 Å². The number of ether oxygens (including phenoxy) is 1. The lowest BCUT2D eigenvalue weighted by molar-refractivity contribution is 0.414. The summed E-state index contributed by atoms with van der Waals surface area (Å²) in [4.78, 5) is 7.03. The molecule has 0 unspecified atom stereocenters. The fourth-order valence-corrected chi connectivity index (χ4v) is 4.50. The van der Waals surface area contributed by atoms with Gasteiger partial charge in [-0.1, -0.05) is 0 Å². The molecule has 4 rings (SSSR count). The van der Waals surface area contributed by atoms with Gasteiger partial charge in [0.1, 0.15) is 17.4 Å². The van der Waals surface area contributed by atoms with E-state index in [1.807, 2.05) is 29.6 Å². The van der Waals surface area contributed by atoms with Crippen molar-refractivity contribution in [2.24, 2.45) is 0 Å². The van der Waals surface area contributed by atoms with Crippen molar-refractivity contribution in [1.82, 2.24) is 4.98 Å². The lowest BCUT2D eigenvalue weighted by Gasteiger charge is -2.31. The van der Waals surface area contributed by atoms with Crippen LogP contribution in [-0.4, -0.2) is 25.2 Å². The molecule has 0 aliphatic carbocycles. The van der Waals surface area contributed by atoms with Crippen LogP contribution in [0.25, 0.3) is 0 Å². The van der Waals surface area contributed by atoms with Crippen molar-refractivity contribution in [2.75, 3.05) is 35.1 Å². The van der Waals surface area contributed by atoms with Crippen LogP contribution in [0, 0.1) is 5.82 Å². The standard InChI is InChI=1S/C21H23FN4OS2/c1-27-16-6-7-18(19(12-16)26-9-3-2-4-10-26)24-15-5-8-20(17(22)11-15)29-25-21-13-28-14-23-21/h5-8,11-14,24-25H,2-4,9-10H2,1H3. The molecule has 152 valence electrons. The van der Waals surface area contributed by atoms with E-state index in [4.69, 9.17) is 4.74 Å². The van der Waals surface area contributed by atoms with Gasteiger partial charge >= 0.3 is 0 Å². The maximum Gasteiger partial charge on any atom is 0.147 e. The number of nitrogens with one attached hydrogen (secondary N) is 2. The van der Waals surface area contributed by atoms with Gasteiger partial charge in [0.2, 0.25) is 0 Å². The Hall–Kier alpha value is -2.45. The van der Waals surface area contributed by atoms with E-state index >= 15 is 0 Å². The van der Waals surface area contributed by atoms with Crippen molar-refractivity contribution in [3.8, 4) is 5.75 Å². The van der Waals surface area contributed by atoms with Gasteiger partial charge < -0.3 is 19.7 Å². The largest absolute Gasteiger partial charge is 0.497 e. The Balaban J connectivity index is 1.51. The average molecular weight is 431 g/mol. The zero-order chi connectivity index (χ0) is 20.1. The van der Waals surface area contributed by atoms with Gasteiger partial charge in [0, 0.05) is 30.2 Å². The number of thiazole rings is 1. The Morgan fingerprint density at radius 1 is 1.14 bits per heavy atom. The van der Waals surface area contributed by atoms with Crippen LogP contribution in [0.3, 0.4) is 0 Å². The Bertz CT molecular complexity index is 946. The van der Waals surface area contributed by atoms with Gasteiger partial charge in [0.15, 0.2) is 0 Å². The van der Waals surface area contributed by atoms with Crippen LogP contribution in [0.15, 0.2) is 52.2 Å². The van der Waals surface area contributed by atoms with Crippen LogP contribution in [0.4, 0.5) is 27.3 Å². The number of halogens is 1. The van der Waals surface area contributed by atoms with Gasteiger partial charge in [0.05, 0.1) is 28.9 Å². The normalized spacial score (nSPS) is 13.9. The van der Waals surface area contributed by atoms with E-state index in [1.165, 1.54) is 48.6 Å². The molecule has 2 heterocycles. The van der Waals surface area contributed by atoms with E-state index in [-0.39, 0.29) is 5.82 Å². The first-order chi connectivity index (χ1) is 14.2. The minimum absolute atomic E-state index is 0.282. The molecule has 1 fully saturated rings. The number of aromatic nitrogens is 1. The second-order valence-corrected chi connectivity index (χ2v) is 8.35. The quantitative estimate of drug-likeness (QED) is 0.439. The third-order valence-electron chi connectivity index (χ3n) is 4.81. The molecule has 8 heteroatoms. The lowest BCUT2D eigenvalue weighted by Crippen LogP contribution is -2.29. The number of benzene rings is 2. The summed E-state index contributed by atoms with van der Waals surface area (Å²) in [7, 11) is 1.67. The third-order valence-corrected chi connectivity index (χ3v) is 6.26. The van der Waals surface area contributed by atoms with E-state index in [2.05, 4.69) is 19.9 Å². The van der Waals surface area contributed by atoms with Gasteiger partial charge in [-0.05, 0) is 61.5 Å². The zero-order valence-corrected chi connectivity index (χ0v) is 17.8. The summed E-state index contributed by atoms with van der Waals surface area (Å²) < 4.78 is 23.1. The number of hydrogen-bond acceptors (Lipinski definition) is 7. The number of nitrogens with zero attached hydrogens (tertiary/aromatic N) is 2. The van der Waals surface area contributed by atoms with E-state index in [9.17, 15) is 4.39 Å². The fourth-order valence-electron chi connectivity index (χ4n) is 3.33. The molecule has 1 aliphatic rings. The highest BCUT2D eigenvalue weighted by Crippen LogP contribution is 2.35. The van der Waals surface area contributed by atoms with E-state index in [1.54, 1.807) is 18.7 Å². The lowest BCUT2D eigenvalue weighted by atomic mass is 10.1. The molecule has 0 bridgehead atoms. The van der Waals surface area contributed by atoms with E-state index in [0.717, 1.165) is 36.0 Å². The first-order valence-electron chi connectivity index (χ1n) is 9.53. The van der Waals surface area contributed by atoms with Crippen LogP contribution < -0.4 is 19.7 Å². The Labute approximate surface area is 178 Å². The molecule has 1 aliphatic heterocycles. The second-order valence-electron chi connectivity index (χ2n) is 6.78. The molecule has 0 spiro atoms. The Kier molecular flexibility index (Phi) is 6.41. The van der Waals surface area contributed by atoms with Crippen molar-refractivity contribution in [3.05, 3.63) is 53.1 Å². The van der Waals surface area contributed by atoms with Crippen LogP contribution in [-0.2, 0) is 0 Å². The molecule has 0 amide bonds. The van der Waals surface area contributed by atoms with Crippen molar-refractivity contribution in [2.45, 2.75) is 24.2 Å². The van der Waals surface area contributed by atoms with E-state index < -0.39 is 0 Å². The first-order valence-corrected chi connectivity index (χ1v) is 11.3. The van der Waals surface area contributed by atoms with E-state index in [0.29, 0.717) is 10.6 Å². The molecular weight excluding hydrogens is 407 g/mol. The molecule has 2 N–H and O–H groups in total. The van der Waals surface area contributed by atoms with Crippen LogP contribution in [0.2, 0.25) is 0 Å². The minimum atomic E-state index is -0.282. The molecule has 5 nitrogen and oxygen atoms in total. The zero-order valence-electron chi connectivity index (χ0n) is 16.2. The van der Waals surface area contributed by atoms with Crippen molar-refractivity contribution in [3.63, 3.8) is 0 Å². The van der Waals surface area contributed by atoms with Crippen LogP contribution >= 0.6 is 23.3 Å². The number of methoxy groups -OCH3 is 1. The second kappa shape index (κ2) is 9.37. The smallest absolute Gasteiger partial charge is 0.147 e. The number of piperidine rings is 1. The van der Waals surface area contributed by atoms with Crippen LogP contribution in [0.5, 0.6) is 5.75 Å². The Morgan fingerprint density at radius 3 is 2.72 bits per heavy atom. The Morgan fingerprint density at radius 2 is 2.00 bits per heavy atom. The summed E-state index contributed by atoms with van der Waals surface area (Å²) in [5.74, 6) is 1.27. The van der Waals surface area contributed by atoms with Crippen molar-refractivity contribution in [1.29, 1.82) is 0 Å². The van der Waals surface area contributed by atoms with Crippen LogP contribution in [0.1, 0.15) is 19.3 Å². The number of rotatable bonds is 7. The van der Waals surface area contributed by atoms with Gasteiger partial charge in [-0.3, -0.25) is 0 Å².